The van der Waals surface area contributed by atoms with Crippen molar-refractivity contribution < 1.29 is 19.4 Å². The van der Waals surface area contributed by atoms with Gasteiger partial charge in [-0.15, -0.1) is 0 Å². The summed E-state index contributed by atoms with van der Waals surface area (Å²) in [5, 5.41) is 15.6. The lowest BCUT2D eigenvalue weighted by Gasteiger charge is -2.31. The topological polar surface area (TPSA) is 93.5 Å². The number of hydrogen-bond acceptors (Lipinski definition) is 4. The maximum Gasteiger partial charge on any atom is 0.325 e. The number of nitrogens with one attached hydrogen (secondary N) is 1. The number of benzene rings is 1. The first-order valence-electron chi connectivity index (χ1n) is 7.86. The molecule has 1 aliphatic rings. The molecule has 1 amide bonds. The number of nitrogens with zero attached hydrogens (tertiary/aromatic N) is 2. The Morgan fingerprint density at radius 2 is 2.08 bits per heavy atom. The van der Waals surface area contributed by atoms with Crippen LogP contribution in [0.3, 0.4) is 0 Å². The first kappa shape index (κ1) is 16.2. The number of carbonyl (C=O) groups excluding carboxylic acids is 1. The molecule has 1 saturated heterocycles. The van der Waals surface area contributed by atoms with Crippen molar-refractivity contribution in [2.75, 3.05) is 11.9 Å². The number of carboxylic acids is 1. The molecule has 0 bridgehead atoms. The fourth-order valence-electron chi connectivity index (χ4n) is 2.89. The number of carbonyl (C=O) groups is 2. The zero-order valence-electron chi connectivity index (χ0n) is 13.1. The highest BCUT2D eigenvalue weighted by Crippen LogP contribution is 2.34. The Morgan fingerprint density at radius 1 is 1.29 bits per heavy atom. The second-order valence-electron chi connectivity index (χ2n) is 5.73. The highest BCUT2D eigenvalue weighted by atomic mass is 16.5. The summed E-state index contributed by atoms with van der Waals surface area (Å²) in [4.78, 5) is 23.3. The van der Waals surface area contributed by atoms with Gasteiger partial charge in [0.2, 0.25) is 5.91 Å². The van der Waals surface area contributed by atoms with Gasteiger partial charge in [0.1, 0.15) is 6.54 Å². The lowest BCUT2D eigenvalue weighted by Crippen LogP contribution is -2.33. The van der Waals surface area contributed by atoms with E-state index in [9.17, 15) is 9.59 Å². The molecule has 2 N–H and O–H groups in total. The second-order valence-corrected chi connectivity index (χ2v) is 5.73. The molecule has 3 rings (SSSR count). The summed E-state index contributed by atoms with van der Waals surface area (Å²) in [5.74, 6) is -1.10. The van der Waals surface area contributed by atoms with Gasteiger partial charge in [-0.2, -0.15) is 5.10 Å². The molecule has 2 aromatic rings. The number of aromatic nitrogens is 2. The molecule has 1 aromatic carbocycles. The van der Waals surface area contributed by atoms with Crippen molar-refractivity contribution in [3.05, 3.63) is 48.2 Å². The van der Waals surface area contributed by atoms with Gasteiger partial charge in [-0.05, 0) is 18.4 Å². The Bertz CT molecular complexity index is 714. The third-order valence-electron chi connectivity index (χ3n) is 3.98. The standard InChI is InChI=1S/C17H19N3O4/c21-15(22)11-20-9-8-14(19-20)18-17(23)13-7-4-10-24-16(13)12-5-2-1-3-6-12/h1-3,5-6,8-9,13,16H,4,7,10-11H2,(H,21,22)(H,18,19,23)/t13-,16-/m1/s1. The van der Waals surface area contributed by atoms with Crippen molar-refractivity contribution in [1.82, 2.24) is 9.78 Å². The van der Waals surface area contributed by atoms with Crippen molar-refractivity contribution >= 4 is 17.7 Å². The van der Waals surface area contributed by atoms with Crippen LogP contribution in [0.1, 0.15) is 24.5 Å². The van der Waals surface area contributed by atoms with Gasteiger partial charge in [0.25, 0.3) is 0 Å². The predicted octanol–water partition coefficient (Wildman–Crippen LogP) is 2.07. The summed E-state index contributed by atoms with van der Waals surface area (Å²) in [6.45, 7) is 0.394. The zero-order valence-corrected chi connectivity index (χ0v) is 13.1. The Labute approximate surface area is 139 Å². The summed E-state index contributed by atoms with van der Waals surface area (Å²) < 4.78 is 7.10. The normalized spacial score (nSPS) is 20.5. The Kier molecular flexibility index (Phi) is 4.90. The Hall–Kier alpha value is -2.67. The van der Waals surface area contributed by atoms with E-state index in [0.717, 1.165) is 18.4 Å². The van der Waals surface area contributed by atoms with Crippen LogP contribution in [0, 0.1) is 5.92 Å². The predicted molar refractivity (Wildman–Crippen MR) is 86.4 cm³/mol. The van der Waals surface area contributed by atoms with Crippen molar-refractivity contribution in [2.24, 2.45) is 5.92 Å². The van der Waals surface area contributed by atoms with E-state index in [4.69, 9.17) is 9.84 Å². The SMILES string of the molecule is O=C(O)Cn1ccc(NC(=O)[C@@H]2CCCO[C@@H]2c2ccccc2)n1. The summed E-state index contributed by atoms with van der Waals surface area (Å²) >= 11 is 0. The summed E-state index contributed by atoms with van der Waals surface area (Å²) in [6.07, 6.45) is 2.81. The van der Waals surface area contributed by atoms with Crippen molar-refractivity contribution in [2.45, 2.75) is 25.5 Å². The summed E-state index contributed by atoms with van der Waals surface area (Å²) in [5.41, 5.74) is 0.980. The minimum absolute atomic E-state index is 0.163. The van der Waals surface area contributed by atoms with Crippen LogP contribution >= 0.6 is 0 Å². The van der Waals surface area contributed by atoms with Gasteiger partial charge in [0, 0.05) is 18.9 Å². The number of carboxylic acid groups (broad SMARTS) is 1. The van der Waals surface area contributed by atoms with E-state index in [0.29, 0.717) is 12.4 Å². The third-order valence-corrected chi connectivity index (χ3v) is 3.98. The molecule has 7 nitrogen and oxygen atoms in total. The van der Waals surface area contributed by atoms with Crippen LogP contribution < -0.4 is 5.32 Å². The lowest BCUT2D eigenvalue weighted by molar-refractivity contribution is -0.137. The van der Waals surface area contributed by atoms with Crippen LogP contribution in [-0.2, 0) is 20.9 Å². The first-order chi connectivity index (χ1) is 11.6. The van der Waals surface area contributed by atoms with E-state index >= 15 is 0 Å². The van der Waals surface area contributed by atoms with Gasteiger partial charge in [-0.1, -0.05) is 30.3 Å². The van der Waals surface area contributed by atoms with E-state index in [1.165, 1.54) is 10.9 Å². The lowest BCUT2D eigenvalue weighted by atomic mass is 9.89. The van der Waals surface area contributed by atoms with Gasteiger partial charge in [-0.25, -0.2) is 0 Å². The highest BCUT2D eigenvalue weighted by molar-refractivity contribution is 5.92. The van der Waals surface area contributed by atoms with E-state index in [1.807, 2.05) is 30.3 Å². The number of ether oxygens (including phenoxy) is 1. The van der Waals surface area contributed by atoms with E-state index < -0.39 is 5.97 Å². The zero-order chi connectivity index (χ0) is 16.9. The molecule has 1 aliphatic heterocycles. The van der Waals surface area contributed by atoms with Crippen molar-refractivity contribution in [3.8, 4) is 0 Å². The smallest absolute Gasteiger partial charge is 0.325 e. The summed E-state index contributed by atoms with van der Waals surface area (Å²) in [6, 6.07) is 11.3. The van der Waals surface area contributed by atoms with Crippen LogP contribution in [-0.4, -0.2) is 33.4 Å². The van der Waals surface area contributed by atoms with Crippen molar-refractivity contribution in [3.63, 3.8) is 0 Å². The molecular weight excluding hydrogens is 310 g/mol. The quantitative estimate of drug-likeness (QED) is 0.876. The van der Waals surface area contributed by atoms with Gasteiger partial charge in [-0.3, -0.25) is 14.3 Å². The average molecular weight is 329 g/mol. The maximum atomic E-state index is 12.6. The number of aliphatic carboxylic acids is 1. The monoisotopic (exact) mass is 329 g/mol. The second kappa shape index (κ2) is 7.27. The minimum Gasteiger partial charge on any atom is -0.480 e. The van der Waals surface area contributed by atoms with Gasteiger partial charge >= 0.3 is 5.97 Å². The third kappa shape index (κ3) is 3.80. The van der Waals surface area contributed by atoms with Gasteiger partial charge in [0.05, 0.1) is 12.0 Å². The molecule has 2 heterocycles. The molecular formula is C17H19N3O4. The summed E-state index contributed by atoms with van der Waals surface area (Å²) in [7, 11) is 0. The maximum absolute atomic E-state index is 12.6. The largest absolute Gasteiger partial charge is 0.480 e. The Morgan fingerprint density at radius 3 is 2.83 bits per heavy atom. The number of hydrogen-bond donors (Lipinski definition) is 2. The first-order valence-corrected chi connectivity index (χ1v) is 7.86. The molecule has 1 fully saturated rings. The molecule has 1 aromatic heterocycles. The van der Waals surface area contributed by atoms with E-state index in [2.05, 4.69) is 10.4 Å². The fraction of sp³-hybridized carbons (Fsp3) is 0.353. The minimum atomic E-state index is -0.985. The molecule has 126 valence electrons. The van der Waals surface area contributed by atoms with Crippen LogP contribution in [0.2, 0.25) is 0 Å². The van der Waals surface area contributed by atoms with Gasteiger partial charge in [0.15, 0.2) is 5.82 Å². The van der Waals surface area contributed by atoms with Crippen LogP contribution in [0.25, 0.3) is 0 Å². The van der Waals surface area contributed by atoms with Crippen LogP contribution in [0.15, 0.2) is 42.6 Å². The van der Waals surface area contributed by atoms with E-state index in [1.54, 1.807) is 6.07 Å². The van der Waals surface area contributed by atoms with E-state index in [-0.39, 0.29) is 24.5 Å². The fourth-order valence-corrected chi connectivity index (χ4v) is 2.89. The molecule has 0 radical (unpaired) electrons. The highest BCUT2D eigenvalue weighted by Gasteiger charge is 2.33. The van der Waals surface area contributed by atoms with Gasteiger partial charge < -0.3 is 15.2 Å². The molecule has 0 spiro atoms. The number of rotatable bonds is 5. The molecule has 7 heteroatoms. The molecule has 0 saturated carbocycles. The molecule has 24 heavy (non-hydrogen) atoms. The average Bonchev–Trinajstić information content (AvgIpc) is 3.01. The molecule has 0 aliphatic carbocycles. The number of anilines is 1. The molecule has 0 unspecified atom stereocenters. The van der Waals surface area contributed by atoms with Crippen molar-refractivity contribution in [1.29, 1.82) is 0 Å². The number of amides is 1. The van der Waals surface area contributed by atoms with Crippen LogP contribution in [0.4, 0.5) is 5.82 Å². The molecule has 2 atom stereocenters. The van der Waals surface area contributed by atoms with Crippen LogP contribution in [0.5, 0.6) is 0 Å². The Balaban J connectivity index is 1.70.